The molecule has 0 amide bonds. The van der Waals surface area contributed by atoms with Crippen molar-refractivity contribution in [3.8, 4) is 11.1 Å². The summed E-state index contributed by atoms with van der Waals surface area (Å²) in [6.45, 7) is 1.82. The van der Waals surface area contributed by atoms with Crippen molar-refractivity contribution >= 4 is 11.9 Å². The normalized spacial score (nSPS) is 14.4. The summed E-state index contributed by atoms with van der Waals surface area (Å²) in [6, 6.07) is 18.9. The van der Waals surface area contributed by atoms with Gasteiger partial charge in [-0.25, -0.2) is 0 Å². The summed E-state index contributed by atoms with van der Waals surface area (Å²) >= 11 is 0. The van der Waals surface area contributed by atoms with Gasteiger partial charge < -0.3 is 5.32 Å². The molecule has 0 saturated heterocycles. The molecule has 0 atom stereocenters. The molecule has 1 heterocycles. The fourth-order valence-electron chi connectivity index (χ4n) is 2.22. The predicted octanol–water partition coefficient (Wildman–Crippen LogP) is 3.37. The van der Waals surface area contributed by atoms with Crippen molar-refractivity contribution in [3.05, 3.63) is 66.2 Å². The van der Waals surface area contributed by atoms with E-state index in [0.717, 1.165) is 18.9 Å². The van der Waals surface area contributed by atoms with Crippen LogP contribution in [0, 0.1) is 0 Å². The van der Waals surface area contributed by atoms with Crippen LogP contribution >= 0.6 is 0 Å². The van der Waals surface area contributed by atoms with Crippen LogP contribution in [0.1, 0.15) is 5.56 Å². The van der Waals surface area contributed by atoms with E-state index in [1.807, 2.05) is 6.07 Å². The Bertz CT molecular complexity index is 612. The van der Waals surface area contributed by atoms with Gasteiger partial charge in [0.2, 0.25) is 0 Å². The van der Waals surface area contributed by atoms with E-state index in [1.165, 1.54) is 16.7 Å². The maximum atomic E-state index is 4.37. The van der Waals surface area contributed by atoms with Crippen molar-refractivity contribution in [2.45, 2.75) is 0 Å². The molecule has 2 aromatic rings. The molecule has 2 heteroatoms. The third kappa shape index (κ3) is 2.74. The van der Waals surface area contributed by atoms with Crippen molar-refractivity contribution in [2.24, 2.45) is 4.99 Å². The second-order valence-corrected chi connectivity index (χ2v) is 4.48. The van der Waals surface area contributed by atoms with E-state index >= 15 is 0 Å². The van der Waals surface area contributed by atoms with Gasteiger partial charge in [0, 0.05) is 6.54 Å². The van der Waals surface area contributed by atoms with Gasteiger partial charge in [-0.1, -0.05) is 60.7 Å². The van der Waals surface area contributed by atoms with E-state index in [0.29, 0.717) is 0 Å². The quantitative estimate of drug-likeness (QED) is 0.885. The molecule has 1 aliphatic heterocycles. The third-order valence-corrected chi connectivity index (χ3v) is 3.17. The first-order chi connectivity index (χ1) is 9.43. The molecule has 1 N–H and O–H groups in total. The SMILES string of the molecule is C(=C\c1ccccc1-c1ccccc1)/C1=NCCN1. The predicted molar refractivity (Wildman–Crippen MR) is 81.2 cm³/mol. The van der Waals surface area contributed by atoms with Crippen LogP contribution in [0.2, 0.25) is 0 Å². The molecule has 94 valence electrons. The molecular weight excluding hydrogens is 232 g/mol. The standard InChI is InChI=1S/C17H16N2/c1-2-6-14(7-3-1)16-9-5-4-8-15(16)10-11-17-18-12-13-19-17/h1-11H,12-13H2,(H,18,19)/b11-10+. The number of amidine groups is 1. The van der Waals surface area contributed by atoms with E-state index in [2.05, 4.69) is 71.0 Å². The number of hydrogen-bond donors (Lipinski definition) is 1. The van der Waals surface area contributed by atoms with Crippen LogP contribution in [-0.2, 0) is 0 Å². The Kier molecular flexibility index (Phi) is 3.41. The van der Waals surface area contributed by atoms with Crippen molar-refractivity contribution in [3.63, 3.8) is 0 Å². The molecule has 1 aliphatic rings. The minimum Gasteiger partial charge on any atom is -0.369 e. The smallest absolute Gasteiger partial charge is 0.120 e. The highest BCUT2D eigenvalue weighted by Gasteiger charge is 2.03. The lowest BCUT2D eigenvalue weighted by Crippen LogP contribution is -2.15. The fraction of sp³-hybridized carbons (Fsp3) is 0.118. The van der Waals surface area contributed by atoms with Gasteiger partial charge in [-0.05, 0) is 22.8 Å². The first-order valence-electron chi connectivity index (χ1n) is 6.54. The summed E-state index contributed by atoms with van der Waals surface area (Å²) in [7, 11) is 0. The summed E-state index contributed by atoms with van der Waals surface area (Å²) in [5, 5.41) is 3.25. The second kappa shape index (κ2) is 5.53. The molecule has 0 spiro atoms. The average molecular weight is 248 g/mol. The van der Waals surface area contributed by atoms with Crippen molar-refractivity contribution in [1.82, 2.24) is 5.32 Å². The maximum Gasteiger partial charge on any atom is 0.120 e. The minimum atomic E-state index is 0.875. The number of aliphatic imine (C=N–C) groups is 1. The lowest BCUT2D eigenvalue weighted by atomic mass is 9.99. The van der Waals surface area contributed by atoms with E-state index in [9.17, 15) is 0 Å². The van der Waals surface area contributed by atoms with Gasteiger partial charge in [-0.15, -0.1) is 0 Å². The van der Waals surface area contributed by atoms with E-state index in [1.54, 1.807) is 0 Å². The third-order valence-electron chi connectivity index (χ3n) is 3.17. The second-order valence-electron chi connectivity index (χ2n) is 4.48. The number of nitrogens with zero attached hydrogens (tertiary/aromatic N) is 1. The molecule has 0 bridgehead atoms. The Morgan fingerprint density at radius 3 is 2.47 bits per heavy atom. The number of nitrogens with one attached hydrogen (secondary N) is 1. The first kappa shape index (κ1) is 11.7. The molecule has 0 aliphatic carbocycles. The van der Waals surface area contributed by atoms with Gasteiger partial charge in [0.1, 0.15) is 5.84 Å². The minimum absolute atomic E-state index is 0.875. The highest BCUT2D eigenvalue weighted by Crippen LogP contribution is 2.24. The summed E-state index contributed by atoms with van der Waals surface area (Å²) in [5.41, 5.74) is 3.70. The average Bonchev–Trinajstić information content (AvgIpc) is 3.00. The molecular formula is C17H16N2. The number of rotatable bonds is 3. The topological polar surface area (TPSA) is 24.4 Å². The zero-order valence-corrected chi connectivity index (χ0v) is 10.7. The van der Waals surface area contributed by atoms with Gasteiger partial charge in [0.15, 0.2) is 0 Å². The molecule has 2 aromatic carbocycles. The zero-order chi connectivity index (χ0) is 12.9. The summed E-state index contributed by atoms with van der Waals surface area (Å²) in [4.78, 5) is 4.37. The lowest BCUT2D eigenvalue weighted by Gasteiger charge is -2.06. The number of benzene rings is 2. The van der Waals surface area contributed by atoms with Crippen LogP contribution in [0.3, 0.4) is 0 Å². The van der Waals surface area contributed by atoms with Crippen molar-refractivity contribution < 1.29 is 0 Å². The Labute approximate surface area is 113 Å². The maximum absolute atomic E-state index is 4.37. The Balaban J connectivity index is 1.94. The Morgan fingerprint density at radius 2 is 1.68 bits per heavy atom. The van der Waals surface area contributed by atoms with Crippen LogP contribution in [-0.4, -0.2) is 18.9 Å². The highest BCUT2D eigenvalue weighted by molar-refractivity contribution is 5.98. The van der Waals surface area contributed by atoms with Crippen LogP contribution in [0.15, 0.2) is 65.7 Å². The van der Waals surface area contributed by atoms with Crippen LogP contribution < -0.4 is 5.32 Å². The zero-order valence-electron chi connectivity index (χ0n) is 10.7. The van der Waals surface area contributed by atoms with Gasteiger partial charge in [0.05, 0.1) is 6.54 Å². The van der Waals surface area contributed by atoms with E-state index in [-0.39, 0.29) is 0 Å². The molecule has 0 unspecified atom stereocenters. The van der Waals surface area contributed by atoms with Crippen LogP contribution in [0.4, 0.5) is 0 Å². The molecule has 3 rings (SSSR count). The largest absolute Gasteiger partial charge is 0.369 e. The van der Waals surface area contributed by atoms with Crippen LogP contribution in [0.5, 0.6) is 0 Å². The molecule has 19 heavy (non-hydrogen) atoms. The summed E-state index contributed by atoms with van der Waals surface area (Å²) in [6.07, 6.45) is 4.17. The fourth-order valence-corrected chi connectivity index (χ4v) is 2.22. The van der Waals surface area contributed by atoms with Crippen molar-refractivity contribution in [1.29, 1.82) is 0 Å². The van der Waals surface area contributed by atoms with Gasteiger partial charge in [0.25, 0.3) is 0 Å². The Morgan fingerprint density at radius 1 is 0.895 bits per heavy atom. The van der Waals surface area contributed by atoms with Crippen LogP contribution in [0.25, 0.3) is 17.2 Å². The molecule has 0 radical (unpaired) electrons. The molecule has 0 fully saturated rings. The van der Waals surface area contributed by atoms with E-state index < -0.39 is 0 Å². The number of hydrogen-bond acceptors (Lipinski definition) is 2. The monoisotopic (exact) mass is 248 g/mol. The molecule has 0 saturated carbocycles. The lowest BCUT2D eigenvalue weighted by molar-refractivity contribution is 0.961. The van der Waals surface area contributed by atoms with E-state index in [4.69, 9.17) is 0 Å². The first-order valence-corrected chi connectivity index (χ1v) is 6.54. The summed E-state index contributed by atoms with van der Waals surface area (Å²) < 4.78 is 0. The molecule has 2 nitrogen and oxygen atoms in total. The van der Waals surface area contributed by atoms with Gasteiger partial charge in [-0.3, -0.25) is 4.99 Å². The van der Waals surface area contributed by atoms with Crippen molar-refractivity contribution in [2.75, 3.05) is 13.1 Å². The highest BCUT2D eigenvalue weighted by atomic mass is 15.1. The molecule has 0 aromatic heterocycles. The summed E-state index contributed by atoms with van der Waals surface area (Å²) in [5.74, 6) is 0.975. The van der Waals surface area contributed by atoms with Gasteiger partial charge >= 0.3 is 0 Å². The van der Waals surface area contributed by atoms with Gasteiger partial charge in [-0.2, -0.15) is 0 Å². The Hall–Kier alpha value is -2.35.